The quantitative estimate of drug-likeness (QED) is 0.594. The van der Waals surface area contributed by atoms with E-state index in [0.29, 0.717) is 45.1 Å². The van der Waals surface area contributed by atoms with Crippen LogP contribution in [0.2, 0.25) is 5.02 Å². The van der Waals surface area contributed by atoms with Crippen molar-refractivity contribution >= 4 is 23.3 Å². The number of alkyl halides is 3. The number of allylic oxidation sites excluding steroid dienone is 6. The third-order valence-electron chi connectivity index (χ3n) is 5.21. The van der Waals surface area contributed by atoms with Gasteiger partial charge in [0.25, 0.3) is 0 Å². The number of benzene rings is 1. The van der Waals surface area contributed by atoms with Crippen LogP contribution in [0.5, 0.6) is 0 Å². The molecule has 1 atom stereocenters. The van der Waals surface area contributed by atoms with Crippen LogP contribution in [0.1, 0.15) is 35.3 Å². The molecule has 1 aliphatic carbocycles. The minimum atomic E-state index is -4.40. The van der Waals surface area contributed by atoms with Crippen molar-refractivity contribution in [3.8, 4) is 0 Å². The zero-order valence-electron chi connectivity index (χ0n) is 15.9. The number of rotatable bonds is 3. The van der Waals surface area contributed by atoms with Gasteiger partial charge in [0.15, 0.2) is 0 Å². The topological polar surface area (TPSA) is 38.7 Å². The van der Waals surface area contributed by atoms with Gasteiger partial charge in [0.1, 0.15) is 0 Å². The van der Waals surface area contributed by atoms with Crippen molar-refractivity contribution in [2.45, 2.75) is 33.4 Å². The summed E-state index contributed by atoms with van der Waals surface area (Å²) < 4.78 is 44.3. The average Bonchev–Trinajstić information content (AvgIpc) is 2.94. The lowest BCUT2D eigenvalue weighted by Crippen LogP contribution is -2.21. The highest BCUT2D eigenvalue weighted by Gasteiger charge is 2.38. The number of fused-ring (bicyclic) bond motifs is 1. The monoisotopic (exact) mass is 409 g/mol. The van der Waals surface area contributed by atoms with Crippen molar-refractivity contribution in [3.05, 3.63) is 68.4 Å². The molecule has 1 aromatic rings. The van der Waals surface area contributed by atoms with Crippen LogP contribution in [-0.2, 0) is 11.2 Å². The van der Waals surface area contributed by atoms with Crippen molar-refractivity contribution in [1.29, 1.82) is 0 Å². The first kappa shape index (κ1) is 20.4. The molecular weight excluding hydrogens is 391 g/mol. The number of halogens is 4. The van der Waals surface area contributed by atoms with Crippen LogP contribution in [-0.4, -0.2) is 25.0 Å². The van der Waals surface area contributed by atoms with Crippen LogP contribution in [0, 0.1) is 12.8 Å². The number of carbonyl (C=O) groups excluding carboxylic acids is 1. The molecule has 1 aliphatic heterocycles. The fourth-order valence-corrected chi connectivity index (χ4v) is 3.83. The van der Waals surface area contributed by atoms with Gasteiger partial charge >= 0.3 is 12.1 Å². The van der Waals surface area contributed by atoms with E-state index in [-0.39, 0.29) is 0 Å². The van der Waals surface area contributed by atoms with Crippen molar-refractivity contribution in [1.82, 2.24) is 0 Å². The lowest BCUT2D eigenvalue weighted by atomic mass is 9.85. The molecule has 1 unspecified atom stereocenters. The number of aliphatic imine (C=N–C) groups is 1. The smallest absolute Gasteiger partial charge is 0.416 e. The van der Waals surface area contributed by atoms with Crippen LogP contribution in [0.4, 0.5) is 13.2 Å². The van der Waals surface area contributed by atoms with E-state index >= 15 is 0 Å². The van der Waals surface area contributed by atoms with Gasteiger partial charge in [0.05, 0.1) is 24.0 Å². The minimum Gasteiger partial charge on any atom is -0.465 e. The Morgan fingerprint density at radius 3 is 2.54 bits per heavy atom. The Hall–Kier alpha value is -2.34. The van der Waals surface area contributed by atoms with Gasteiger partial charge < -0.3 is 4.74 Å². The maximum atomic E-state index is 13.2. The van der Waals surface area contributed by atoms with Gasteiger partial charge in [-0.05, 0) is 61.3 Å². The summed E-state index contributed by atoms with van der Waals surface area (Å²) in [6, 6.07) is 3.22. The van der Waals surface area contributed by atoms with Gasteiger partial charge in [0.2, 0.25) is 0 Å². The normalized spacial score (nSPS) is 19.1. The van der Waals surface area contributed by atoms with Crippen molar-refractivity contribution < 1.29 is 22.7 Å². The summed E-state index contributed by atoms with van der Waals surface area (Å²) in [4.78, 5) is 16.6. The van der Waals surface area contributed by atoms with Gasteiger partial charge in [-0.2, -0.15) is 13.2 Å². The van der Waals surface area contributed by atoms with Crippen molar-refractivity contribution in [2.24, 2.45) is 10.9 Å². The third-order valence-corrected chi connectivity index (χ3v) is 5.57. The fourth-order valence-electron chi connectivity index (χ4n) is 3.55. The number of carbonyl (C=O) groups is 1. The maximum Gasteiger partial charge on any atom is 0.416 e. The summed E-state index contributed by atoms with van der Waals surface area (Å²) in [6.07, 6.45) is -1.73. The maximum absolute atomic E-state index is 13.2. The molecule has 0 amide bonds. The van der Waals surface area contributed by atoms with Crippen LogP contribution < -0.4 is 0 Å². The highest BCUT2D eigenvalue weighted by Crippen LogP contribution is 2.40. The summed E-state index contributed by atoms with van der Waals surface area (Å²) in [6.45, 7) is 5.19. The predicted octanol–water partition coefficient (Wildman–Crippen LogP) is 5.77. The zero-order chi connectivity index (χ0) is 20.8. The lowest BCUT2D eigenvalue weighted by Gasteiger charge is -2.20. The van der Waals surface area contributed by atoms with Crippen LogP contribution in [0.15, 0.2) is 51.7 Å². The highest BCUT2D eigenvalue weighted by atomic mass is 35.5. The molecule has 1 heterocycles. The standard InChI is InChI=1S/C21H19ClF3NO2/c1-10-7-13(21(23,24)25)8-16-12(3)18(26-19(10)16)9-15-11(2)14(20(27)28-4)5-6-17(15)22/h5-8,16H,9H2,1-4H3. The Labute approximate surface area is 166 Å². The molecule has 0 saturated carbocycles. The van der Waals surface area contributed by atoms with E-state index in [1.165, 1.54) is 13.2 Å². The SMILES string of the molecule is COC(=O)c1ccc(Cl)c(CC2=C(C)C3C=C(C(F)(F)F)C=C(C)C3=N2)c1C. The second kappa shape index (κ2) is 7.24. The molecule has 0 radical (unpaired) electrons. The summed E-state index contributed by atoms with van der Waals surface area (Å²) in [5.74, 6) is -0.969. The van der Waals surface area contributed by atoms with E-state index < -0.39 is 23.6 Å². The summed E-state index contributed by atoms with van der Waals surface area (Å²) in [5, 5.41) is 0.472. The third kappa shape index (κ3) is 3.53. The highest BCUT2D eigenvalue weighted by molar-refractivity contribution is 6.31. The molecule has 0 bridgehead atoms. The molecular formula is C21H19ClF3NO2. The van der Waals surface area contributed by atoms with E-state index in [1.54, 1.807) is 32.9 Å². The molecule has 2 aliphatic rings. The van der Waals surface area contributed by atoms with E-state index in [9.17, 15) is 18.0 Å². The molecule has 28 heavy (non-hydrogen) atoms. The van der Waals surface area contributed by atoms with Crippen LogP contribution >= 0.6 is 11.6 Å². The van der Waals surface area contributed by atoms with Crippen LogP contribution in [0.3, 0.4) is 0 Å². The van der Waals surface area contributed by atoms with E-state index in [4.69, 9.17) is 16.3 Å². The molecule has 0 N–H and O–H groups in total. The van der Waals surface area contributed by atoms with Gasteiger partial charge in [-0.1, -0.05) is 17.7 Å². The van der Waals surface area contributed by atoms with Gasteiger partial charge in [-0.25, -0.2) is 4.79 Å². The summed E-state index contributed by atoms with van der Waals surface area (Å²) in [5.41, 5.74) is 3.67. The first-order valence-corrected chi connectivity index (χ1v) is 9.04. The first-order valence-electron chi connectivity index (χ1n) is 8.66. The molecule has 3 nitrogen and oxygen atoms in total. The first-order chi connectivity index (χ1) is 13.0. The molecule has 0 spiro atoms. The largest absolute Gasteiger partial charge is 0.465 e. The summed E-state index contributed by atoms with van der Waals surface area (Å²) >= 11 is 6.34. The second-order valence-electron chi connectivity index (χ2n) is 6.92. The Kier molecular flexibility index (Phi) is 5.28. The number of hydrogen-bond acceptors (Lipinski definition) is 3. The molecule has 148 valence electrons. The molecule has 3 rings (SSSR count). The van der Waals surface area contributed by atoms with Gasteiger partial charge in [-0.3, -0.25) is 4.99 Å². The van der Waals surface area contributed by atoms with Crippen molar-refractivity contribution in [3.63, 3.8) is 0 Å². The zero-order valence-corrected chi connectivity index (χ0v) is 16.6. The van der Waals surface area contributed by atoms with E-state index in [1.807, 2.05) is 0 Å². The molecule has 0 saturated heterocycles. The number of esters is 1. The molecule has 7 heteroatoms. The summed E-state index contributed by atoms with van der Waals surface area (Å²) in [7, 11) is 1.30. The average molecular weight is 410 g/mol. The second-order valence-corrected chi connectivity index (χ2v) is 7.33. The molecule has 0 aromatic heterocycles. The van der Waals surface area contributed by atoms with Crippen LogP contribution in [0.25, 0.3) is 0 Å². The van der Waals surface area contributed by atoms with E-state index in [2.05, 4.69) is 4.99 Å². The molecule has 0 fully saturated rings. The molecule has 1 aromatic carbocycles. The van der Waals surface area contributed by atoms with E-state index in [0.717, 1.165) is 11.6 Å². The Morgan fingerprint density at radius 1 is 1.25 bits per heavy atom. The lowest BCUT2D eigenvalue weighted by molar-refractivity contribution is -0.0886. The number of methoxy groups -OCH3 is 1. The Bertz CT molecular complexity index is 984. The van der Waals surface area contributed by atoms with Gasteiger partial charge in [0, 0.05) is 23.1 Å². The number of ether oxygens (including phenoxy) is 1. The Morgan fingerprint density at radius 2 is 1.93 bits per heavy atom. The number of nitrogens with zero attached hydrogens (tertiary/aromatic N) is 1. The van der Waals surface area contributed by atoms with Gasteiger partial charge in [-0.15, -0.1) is 0 Å². The number of hydrogen-bond donors (Lipinski definition) is 0. The predicted molar refractivity (Wildman–Crippen MR) is 103 cm³/mol. The minimum absolute atomic E-state index is 0.323. The van der Waals surface area contributed by atoms with Crippen molar-refractivity contribution in [2.75, 3.05) is 7.11 Å². The Balaban J connectivity index is 2.02. The fraction of sp³-hybridized carbons (Fsp3) is 0.333.